The molecule has 0 aliphatic carbocycles. The molecule has 1 aliphatic rings. The van der Waals surface area contributed by atoms with E-state index in [-0.39, 0.29) is 26.2 Å². The number of rotatable bonds is 7. The number of hydrogen-bond donors (Lipinski definition) is 5. The van der Waals surface area contributed by atoms with Crippen LogP contribution >= 0.6 is 0 Å². The molecule has 3 rings (SSSR count). The predicted molar refractivity (Wildman–Crippen MR) is 86.4 cm³/mol. The monoisotopic (exact) mass is 388 g/mol. The van der Waals surface area contributed by atoms with Crippen molar-refractivity contribution in [3.05, 3.63) is 12.7 Å². The third-order valence-electron chi connectivity index (χ3n) is 4.04. The summed E-state index contributed by atoms with van der Waals surface area (Å²) >= 11 is 0. The lowest BCUT2D eigenvalue weighted by Crippen LogP contribution is -3.00. The standard InChI is InChI=1S/C14H20N6O5.ClH/c15-8(22)2-1-3-16-12-9-13(18-5-17-12)20(6-19-9)14-11(24)10(23)7(4-21)25-14;/h5-7,10-11,14,21,23-24H,1-4H2,(H2,15,22)(H,16,17,18);1H/t7-,10-,11-,14+;/m1./s1. The van der Waals surface area contributed by atoms with Gasteiger partial charge in [-0.2, -0.15) is 0 Å². The van der Waals surface area contributed by atoms with Gasteiger partial charge >= 0.3 is 1.43 Å². The van der Waals surface area contributed by atoms with Crippen LogP contribution in [0.1, 0.15) is 20.5 Å². The molecule has 26 heavy (non-hydrogen) atoms. The number of nitrogens with two attached hydrogens (primary N) is 1. The Bertz CT molecular complexity index is 765. The summed E-state index contributed by atoms with van der Waals surface area (Å²) in [4.78, 5) is 23.3. The van der Waals surface area contributed by atoms with Crippen molar-refractivity contribution in [2.45, 2.75) is 37.4 Å². The summed E-state index contributed by atoms with van der Waals surface area (Å²) in [5.41, 5.74) is 5.96. The number of amides is 1. The number of aliphatic hydroxyl groups is 3. The quantitative estimate of drug-likeness (QED) is 0.292. The maximum absolute atomic E-state index is 10.8. The van der Waals surface area contributed by atoms with Gasteiger partial charge in [-0.05, 0) is 6.42 Å². The first kappa shape index (κ1) is 20.3. The second kappa shape index (κ2) is 8.56. The minimum absolute atomic E-state index is 0. The van der Waals surface area contributed by atoms with E-state index in [9.17, 15) is 20.1 Å². The lowest BCUT2D eigenvalue weighted by atomic mass is 10.1. The van der Waals surface area contributed by atoms with E-state index in [1.807, 2.05) is 0 Å². The third kappa shape index (κ3) is 3.86. The molecule has 0 radical (unpaired) electrons. The summed E-state index contributed by atoms with van der Waals surface area (Å²) in [6.07, 6.45) is -0.668. The molecule has 144 valence electrons. The van der Waals surface area contributed by atoms with Crippen molar-refractivity contribution in [3.63, 3.8) is 0 Å². The van der Waals surface area contributed by atoms with Gasteiger partial charge in [0, 0.05) is 13.0 Å². The Kier molecular flexibility index (Phi) is 6.67. The summed E-state index contributed by atoms with van der Waals surface area (Å²) in [6.45, 7) is 0.0682. The Morgan fingerprint density at radius 1 is 1.35 bits per heavy atom. The third-order valence-corrected chi connectivity index (χ3v) is 4.04. The number of carbonyl (C=O) groups is 1. The molecule has 12 heteroatoms. The van der Waals surface area contributed by atoms with Crippen LogP contribution in [0.5, 0.6) is 0 Å². The predicted octanol–water partition coefficient (Wildman–Crippen LogP) is -4.77. The van der Waals surface area contributed by atoms with Crippen LogP contribution in [0.15, 0.2) is 12.7 Å². The van der Waals surface area contributed by atoms with E-state index in [0.717, 1.165) is 0 Å². The fraction of sp³-hybridized carbons (Fsp3) is 0.571. The number of nitrogens with one attached hydrogen (secondary N) is 1. The summed E-state index contributed by atoms with van der Waals surface area (Å²) in [6, 6.07) is 0. The van der Waals surface area contributed by atoms with Gasteiger partial charge in [-0.3, -0.25) is 9.36 Å². The van der Waals surface area contributed by atoms with Crippen molar-refractivity contribution in [2.75, 3.05) is 18.5 Å². The van der Waals surface area contributed by atoms with Crippen LogP contribution in [0.3, 0.4) is 0 Å². The second-order valence-electron chi connectivity index (χ2n) is 5.77. The van der Waals surface area contributed by atoms with Crippen LogP contribution in [-0.2, 0) is 9.53 Å². The van der Waals surface area contributed by atoms with Gasteiger partial charge in [0.15, 0.2) is 23.2 Å². The van der Waals surface area contributed by atoms with E-state index in [0.29, 0.717) is 29.9 Å². The highest BCUT2D eigenvalue weighted by Crippen LogP contribution is 2.31. The normalized spacial score (nSPS) is 25.2. The van der Waals surface area contributed by atoms with Crippen molar-refractivity contribution >= 4 is 22.9 Å². The number of anilines is 1. The molecule has 0 aromatic carbocycles. The maximum atomic E-state index is 10.8. The number of ether oxygens (including phenoxy) is 1. The largest absolute Gasteiger partial charge is 1.00 e. The molecule has 0 spiro atoms. The summed E-state index contributed by atoms with van der Waals surface area (Å²) in [5, 5.41) is 32.3. The van der Waals surface area contributed by atoms with Crippen LogP contribution in [0.25, 0.3) is 11.2 Å². The molecule has 0 bridgehead atoms. The number of primary amides is 1. The number of halogens is 1. The molecule has 6 N–H and O–H groups in total. The molecular formula is C14H21ClN6O5. The molecule has 0 unspecified atom stereocenters. The fourth-order valence-electron chi connectivity index (χ4n) is 2.75. The van der Waals surface area contributed by atoms with Crippen molar-refractivity contribution < 1.29 is 38.7 Å². The smallest absolute Gasteiger partial charge is 1.00 e. The number of imidazole rings is 1. The molecule has 1 fully saturated rings. The molecule has 1 saturated heterocycles. The molecule has 1 aliphatic heterocycles. The van der Waals surface area contributed by atoms with Gasteiger partial charge in [-0.25, -0.2) is 15.0 Å². The van der Waals surface area contributed by atoms with Crippen molar-refractivity contribution in [2.24, 2.45) is 5.73 Å². The number of carbonyl (C=O) groups excluding carboxylic acids is 1. The minimum Gasteiger partial charge on any atom is -1.00 e. The number of nitrogens with zero attached hydrogens (tertiary/aromatic N) is 4. The zero-order valence-corrected chi connectivity index (χ0v) is 14.5. The molecule has 11 nitrogen and oxygen atoms in total. The van der Waals surface area contributed by atoms with Gasteiger partial charge in [-0.1, -0.05) is 0 Å². The van der Waals surface area contributed by atoms with E-state index >= 15 is 0 Å². The molecule has 3 heterocycles. The first-order chi connectivity index (χ1) is 12.0. The highest BCUT2D eigenvalue weighted by Gasteiger charge is 2.44. The molecule has 1 amide bonds. The summed E-state index contributed by atoms with van der Waals surface area (Å²) < 4.78 is 6.97. The second-order valence-corrected chi connectivity index (χ2v) is 5.77. The van der Waals surface area contributed by atoms with Gasteiger partial charge in [0.05, 0.1) is 12.9 Å². The van der Waals surface area contributed by atoms with Crippen LogP contribution in [0, 0.1) is 0 Å². The Balaban J connectivity index is 0.00000182. The Morgan fingerprint density at radius 2 is 2.12 bits per heavy atom. The van der Waals surface area contributed by atoms with Crippen LogP contribution < -0.4 is 23.5 Å². The lowest BCUT2D eigenvalue weighted by molar-refractivity contribution is -0.118. The van der Waals surface area contributed by atoms with E-state index < -0.39 is 31.1 Å². The number of hydrogen-bond acceptors (Lipinski definition) is 9. The summed E-state index contributed by atoms with van der Waals surface area (Å²) in [7, 11) is 0. The lowest BCUT2D eigenvalue weighted by Gasteiger charge is -2.16. The average Bonchev–Trinajstić information content (AvgIpc) is 3.14. The number of fused-ring (bicyclic) bond motifs is 1. The van der Waals surface area contributed by atoms with E-state index in [2.05, 4.69) is 20.3 Å². The van der Waals surface area contributed by atoms with Gasteiger partial charge in [0.25, 0.3) is 0 Å². The van der Waals surface area contributed by atoms with E-state index in [4.69, 9.17) is 10.5 Å². The van der Waals surface area contributed by atoms with Crippen LogP contribution in [0.2, 0.25) is 0 Å². The van der Waals surface area contributed by atoms with Crippen molar-refractivity contribution in [1.29, 1.82) is 0 Å². The molecule has 2 aromatic heterocycles. The van der Waals surface area contributed by atoms with Crippen molar-refractivity contribution in [1.82, 2.24) is 19.5 Å². The number of aliphatic hydroxyl groups excluding tert-OH is 3. The van der Waals surface area contributed by atoms with E-state index in [1.54, 1.807) is 0 Å². The minimum atomic E-state index is -1.23. The molecular weight excluding hydrogens is 368 g/mol. The van der Waals surface area contributed by atoms with Gasteiger partial charge in [0.2, 0.25) is 5.91 Å². The Hall–Kier alpha value is -2.05. The van der Waals surface area contributed by atoms with Crippen molar-refractivity contribution in [3.8, 4) is 0 Å². The number of aromatic nitrogens is 4. The topological polar surface area (TPSA) is 169 Å². The highest BCUT2D eigenvalue weighted by molar-refractivity contribution is 5.82. The van der Waals surface area contributed by atoms with Gasteiger partial charge in [-0.15, -0.1) is 0 Å². The van der Waals surface area contributed by atoms with E-state index in [1.165, 1.54) is 17.2 Å². The average molecular weight is 389 g/mol. The van der Waals surface area contributed by atoms with Gasteiger partial charge in [0.1, 0.15) is 24.6 Å². The fourth-order valence-corrected chi connectivity index (χ4v) is 2.75. The molecule has 2 aromatic rings. The maximum Gasteiger partial charge on any atom is 1.00 e. The zero-order chi connectivity index (χ0) is 18.0. The van der Waals surface area contributed by atoms with Gasteiger partial charge < -0.3 is 43.5 Å². The van der Waals surface area contributed by atoms with Crippen LogP contribution in [0.4, 0.5) is 5.82 Å². The zero-order valence-electron chi connectivity index (χ0n) is 14.7. The summed E-state index contributed by atoms with van der Waals surface area (Å²) in [5.74, 6) is 0.100. The molecule has 0 saturated carbocycles. The Labute approximate surface area is 156 Å². The van der Waals surface area contributed by atoms with Crippen LogP contribution in [-0.4, -0.2) is 72.2 Å². The highest BCUT2D eigenvalue weighted by atomic mass is 35.5. The molecule has 4 atom stereocenters. The SMILES string of the molecule is NC(=O)CCCNc1ncnc2c1ncn2[C@H]1O[C@H](CO)[C@@H](O)[C@H]1O.[Cl-].[H+]. The Morgan fingerprint density at radius 3 is 2.77 bits per heavy atom. The first-order valence-electron chi connectivity index (χ1n) is 7.85. The first-order valence-corrected chi connectivity index (χ1v) is 7.85.